The van der Waals surface area contributed by atoms with Gasteiger partial charge in [0.1, 0.15) is 11.6 Å². The van der Waals surface area contributed by atoms with Gasteiger partial charge >= 0.3 is 6.09 Å². The molecule has 1 aliphatic carbocycles. The number of sulfonamides is 1. The molecular formula is C26H31BrFN3O5S. The van der Waals surface area contributed by atoms with Crippen molar-refractivity contribution in [2.45, 2.75) is 57.7 Å². The topological polar surface area (TPSA) is 97.7 Å². The molecule has 0 bridgehead atoms. The minimum atomic E-state index is -3.94. The van der Waals surface area contributed by atoms with Crippen LogP contribution >= 0.6 is 15.9 Å². The molecule has 8 nitrogen and oxygen atoms in total. The van der Waals surface area contributed by atoms with E-state index in [-0.39, 0.29) is 66.6 Å². The average molecular weight is 597 g/mol. The molecule has 2 aliphatic rings. The number of allylic oxidation sites excluding steroid dienone is 1. The number of hydrogen-bond donors (Lipinski definition) is 1. The second kappa shape index (κ2) is 10.2. The van der Waals surface area contributed by atoms with Gasteiger partial charge in [0.05, 0.1) is 17.0 Å². The van der Waals surface area contributed by atoms with Crippen molar-refractivity contribution in [2.24, 2.45) is 5.92 Å². The number of fused-ring (bicyclic) bond motifs is 1. The summed E-state index contributed by atoms with van der Waals surface area (Å²) < 4.78 is 51.2. The van der Waals surface area contributed by atoms with Crippen LogP contribution in [0, 0.1) is 18.7 Å². The van der Waals surface area contributed by atoms with Gasteiger partial charge in [0.25, 0.3) is 5.56 Å². The Morgan fingerprint density at radius 3 is 2.62 bits per heavy atom. The Kier molecular flexibility index (Phi) is 7.58. The van der Waals surface area contributed by atoms with Crippen LogP contribution in [-0.2, 0) is 27.7 Å². The molecule has 0 saturated heterocycles. The summed E-state index contributed by atoms with van der Waals surface area (Å²) in [4.78, 5) is 27.7. The summed E-state index contributed by atoms with van der Waals surface area (Å²) in [6, 6.07) is 4.57. The van der Waals surface area contributed by atoms with Crippen molar-refractivity contribution in [1.29, 1.82) is 0 Å². The number of carbonyl (C=O) groups is 1. The van der Waals surface area contributed by atoms with Crippen LogP contribution in [0.5, 0.6) is 0 Å². The maximum absolute atomic E-state index is 14.8. The zero-order valence-electron chi connectivity index (χ0n) is 21.1. The summed E-state index contributed by atoms with van der Waals surface area (Å²) in [7, 11) is -3.94. The predicted molar refractivity (Wildman–Crippen MR) is 145 cm³/mol. The van der Waals surface area contributed by atoms with E-state index < -0.39 is 26.7 Å². The van der Waals surface area contributed by atoms with Crippen LogP contribution < -0.4 is 15.2 Å². The van der Waals surface area contributed by atoms with Crippen molar-refractivity contribution in [3.63, 3.8) is 0 Å². The third-order valence-corrected chi connectivity index (χ3v) is 9.56. The van der Waals surface area contributed by atoms with E-state index in [2.05, 4.69) is 27.2 Å². The fourth-order valence-electron chi connectivity index (χ4n) is 4.58. The number of ether oxygens (including phenoxy) is 1. The lowest BCUT2D eigenvalue weighted by molar-refractivity contribution is 0.140. The molecule has 0 atom stereocenters. The first-order valence-electron chi connectivity index (χ1n) is 12.2. The van der Waals surface area contributed by atoms with E-state index in [1.54, 1.807) is 25.1 Å². The molecule has 2 heterocycles. The molecule has 1 amide bonds. The fraction of sp³-hybridized carbons (Fsp3) is 0.462. The molecule has 1 N–H and O–H groups in total. The first-order chi connectivity index (χ1) is 17.4. The second-order valence-electron chi connectivity index (χ2n) is 10.1. The molecular weight excluding hydrogens is 565 g/mol. The number of aromatic nitrogens is 1. The summed E-state index contributed by atoms with van der Waals surface area (Å²) in [5.41, 5.74) is 0.634. The van der Waals surface area contributed by atoms with E-state index >= 15 is 0 Å². The minimum absolute atomic E-state index is 0.0464. The molecule has 0 radical (unpaired) electrons. The molecule has 4 rings (SSSR count). The monoisotopic (exact) mass is 595 g/mol. The van der Waals surface area contributed by atoms with Crippen LogP contribution in [0.3, 0.4) is 0 Å². The normalized spacial score (nSPS) is 16.0. The van der Waals surface area contributed by atoms with Crippen molar-refractivity contribution < 1.29 is 22.3 Å². The maximum atomic E-state index is 14.8. The van der Waals surface area contributed by atoms with E-state index in [9.17, 15) is 22.4 Å². The number of benzene rings is 1. The first-order valence-corrected chi connectivity index (χ1v) is 14.5. The van der Waals surface area contributed by atoms with E-state index in [1.165, 1.54) is 15.5 Å². The Morgan fingerprint density at radius 2 is 2.03 bits per heavy atom. The van der Waals surface area contributed by atoms with Crippen molar-refractivity contribution in [2.75, 3.05) is 22.8 Å². The number of carbonyl (C=O) groups excluding carboxylic acids is 1. The molecule has 1 aliphatic heterocycles. The van der Waals surface area contributed by atoms with Crippen molar-refractivity contribution in [1.82, 2.24) is 4.57 Å². The molecule has 0 spiro atoms. The van der Waals surface area contributed by atoms with Gasteiger partial charge in [-0.3, -0.25) is 19.0 Å². The molecule has 1 saturated carbocycles. The molecule has 0 unspecified atom stereocenters. The molecule has 1 fully saturated rings. The standard InChI is InChI=1S/C26H31BrFN3O5S/c1-5-8-26(9-10-26)37(34,35)29-22-20(13-18-6-7-19(27)14-21(18)28)17(4)24(32)30-11-12-31(23(22)30)25(33)36-15-16(2)3/h5-7,14,16,29H,1,8-13,15H2,2-4H3. The lowest BCUT2D eigenvalue weighted by atomic mass is 9.99. The quantitative estimate of drug-likeness (QED) is 0.406. The van der Waals surface area contributed by atoms with Crippen molar-refractivity contribution in [3.8, 4) is 0 Å². The number of nitrogens with zero attached hydrogens (tertiary/aromatic N) is 2. The zero-order chi connectivity index (χ0) is 27.1. The van der Waals surface area contributed by atoms with Gasteiger partial charge < -0.3 is 4.74 Å². The number of pyridine rings is 1. The van der Waals surface area contributed by atoms with E-state index in [1.807, 2.05) is 13.8 Å². The van der Waals surface area contributed by atoms with Gasteiger partial charge in [-0.1, -0.05) is 41.9 Å². The highest BCUT2D eigenvalue weighted by Crippen LogP contribution is 2.48. The van der Waals surface area contributed by atoms with Crippen LogP contribution in [0.2, 0.25) is 0 Å². The number of anilines is 2. The number of rotatable bonds is 9. The molecule has 1 aromatic heterocycles. The Bertz CT molecular complexity index is 1420. The van der Waals surface area contributed by atoms with Crippen LogP contribution in [0.15, 0.2) is 40.1 Å². The van der Waals surface area contributed by atoms with Crippen LogP contribution in [0.25, 0.3) is 0 Å². The molecule has 11 heteroatoms. The SMILES string of the molecule is C=CCC1(S(=O)(=O)Nc2c(Cc3ccc(Br)cc3F)c(C)c(=O)n3c2N(C(=O)OCC(C)C)CC3)CC1. The van der Waals surface area contributed by atoms with Gasteiger partial charge in [-0.25, -0.2) is 17.6 Å². The van der Waals surface area contributed by atoms with Gasteiger partial charge in [0, 0.05) is 29.5 Å². The summed E-state index contributed by atoms with van der Waals surface area (Å²) in [5.74, 6) is -0.286. The van der Waals surface area contributed by atoms with Gasteiger partial charge in [-0.2, -0.15) is 0 Å². The van der Waals surface area contributed by atoms with Crippen LogP contribution in [-0.4, -0.2) is 37.0 Å². The zero-order valence-corrected chi connectivity index (χ0v) is 23.5. The number of nitrogens with one attached hydrogen (secondary N) is 1. The van der Waals surface area contributed by atoms with Crippen molar-refractivity contribution in [3.05, 3.63) is 68.2 Å². The maximum Gasteiger partial charge on any atom is 0.415 e. The molecule has 37 heavy (non-hydrogen) atoms. The van der Waals surface area contributed by atoms with Gasteiger partial charge in [-0.05, 0) is 55.4 Å². The number of amides is 1. The molecule has 1 aromatic carbocycles. The smallest absolute Gasteiger partial charge is 0.415 e. The highest BCUT2D eigenvalue weighted by atomic mass is 79.9. The Labute approximate surface area is 224 Å². The van der Waals surface area contributed by atoms with E-state index in [0.717, 1.165) is 0 Å². The predicted octanol–water partition coefficient (Wildman–Crippen LogP) is 5.11. The molecule has 200 valence electrons. The third kappa shape index (κ3) is 5.20. The van der Waals surface area contributed by atoms with E-state index in [4.69, 9.17) is 4.74 Å². The number of hydrogen-bond acceptors (Lipinski definition) is 5. The van der Waals surface area contributed by atoms with Gasteiger partial charge in [0.15, 0.2) is 0 Å². The van der Waals surface area contributed by atoms with Gasteiger partial charge in [-0.15, -0.1) is 6.58 Å². The van der Waals surface area contributed by atoms with Gasteiger partial charge in [0.2, 0.25) is 10.0 Å². The average Bonchev–Trinajstić information content (AvgIpc) is 3.49. The summed E-state index contributed by atoms with van der Waals surface area (Å²) in [6.07, 6.45) is 2.07. The Hall–Kier alpha value is -2.66. The van der Waals surface area contributed by atoms with E-state index in [0.29, 0.717) is 22.9 Å². The Morgan fingerprint density at radius 1 is 1.32 bits per heavy atom. The Balaban J connectivity index is 1.89. The number of halogens is 2. The minimum Gasteiger partial charge on any atom is -0.449 e. The van der Waals surface area contributed by atoms with Crippen LogP contribution in [0.1, 0.15) is 49.8 Å². The van der Waals surface area contributed by atoms with Crippen LogP contribution in [0.4, 0.5) is 20.7 Å². The second-order valence-corrected chi connectivity index (χ2v) is 13.1. The lowest BCUT2D eigenvalue weighted by Crippen LogP contribution is -2.35. The molecule has 2 aromatic rings. The highest BCUT2D eigenvalue weighted by molar-refractivity contribution is 9.10. The fourth-order valence-corrected chi connectivity index (χ4v) is 6.59. The summed E-state index contributed by atoms with van der Waals surface area (Å²) in [5, 5.41) is 0. The first kappa shape index (κ1) is 27.4. The third-order valence-electron chi connectivity index (χ3n) is 6.88. The largest absolute Gasteiger partial charge is 0.449 e. The summed E-state index contributed by atoms with van der Waals surface area (Å²) in [6.45, 7) is 9.60. The highest BCUT2D eigenvalue weighted by Gasteiger charge is 2.54. The lowest BCUT2D eigenvalue weighted by Gasteiger charge is -2.25. The van der Waals surface area contributed by atoms with Crippen molar-refractivity contribution >= 4 is 43.6 Å². The summed E-state index contributed by atoms with van der Waals surface area (Å²) >= 11 is 3.24.